The Kier molecular flexibility index (Phi) is 6.99. The van der Waals surface area contributed by atoms with Crippen LogP contribution in [0.5, 0.6) is 0 Å². The van der Waals surface area contributed by atoms with Crippen molar-refractivity contribution in [3.8, 4) is 0 Å². The third-order valence-electron chi connectivity index (χ3n) is 4.48. The Bertz CT molecular complexity index is 634. The normalized spacial score (nSPS) is 21.8. The molecule has 0 saturated carbocycles. The van der Waals surface area contributed by atoms with Crippen molar-refractivity contribution in [1.82, 2.24) is 0 Å². The van der Waals surface area contributed by atoms with Gasteiger partial charge in [-0.2, -0.15) is 0 Å². The molecule has 144 valence electrons. The molecule has 0 fully saturated rings. The lowest BCUT2D eigenvalue weighted by molar-refractivity contribution is -0.187. The molecule has 1 heterocycles. The van der Waals surface area contributed by atoms with E-state index < -0.39 is 23.9 Å². The minimum Gasteiger partial charge on any atom is -0.462 e. The maximum atomic E-state index is 13.0. The van der Waals surface area contributed by atoms with Crippen LogP contribution in [-0.4, -0.2) is 51.3 Å². The van der Waals surface area contributed by atoms with Crippen LogP contribution in [0.4, 0.5) is 10.5 Å². The number of amides is 1. The number of ether oxygens (including phenoxy) is 4. The van der Waals surface area contributed by atoms with E-state index in [1.54, 1.807) is 19.1 Å². The Morgan fingerprint density at radius 3 is 2.54 bits per heavy atom. The van der Waals surface area contributed by atoms with Crippen molar-refractivity contribution < 1.29 is 28.5 Å². The van der Waals surface area contributed by atoms with E-state index in [1.807, 2.05) is 19.1 Å². The number of hydrogen-bond acceptors (Lipinski definition) is 6. The van der Waals surface area contributed by atoms with E-state index in [-0.39, 0.29) is 13.2 Å². The van der Waals surface area contributed by atoms with Crippen molar-refractivity contribution in [2.45, 2.75) is 44.9 Å². The zero-order chi connectivity index (χ0) is 19.2. The molecular formula is C19H27NO6. The van der Waals surface area contributed by atoms with E-state index in [4.69, 9.17) is 18.9 Å². The molecule has 2 atom stereocenters. The van der Waals surface area contributed by atoms with Gasteiger partial charge in [0.25, 0.3) is 5.72 Å². The van der Waals surface area contributed by atoms with Crippen LogP contribution in [0.1, 0.15) is 32.3 Å². The SMILES string of the molecule is CCCCOC(=O)C1(OC)C(OC)Cc2ccccc2N1C(=O)OCC. The highest BCUT2D eigenvalue weighted by Crippen LogP contribution is 2.40. The van der Waals surface area contributed by atoms with E-state index in [9.17, 15) is 9.59 Å². The smallest absolute Gasteiger partial charge is 0.417 e. The molecule has 1 aliphatic heterocycles. The lowest BCUT2D eigenvalue weighted by Gasteiger charge is -2.47. The molecule has 0 spiro atoms. The van der Waals surface area contributed by atoms with Gasteiger partial charge < -0.3 is 18.9 Å². The van der Waals surface area contributed by atoms with Crippen LogP contribution in [0.2, 0.25) is 0 Å². The van der Waals surface area contributed by atoms with Gasteiger partial charge in [-0.3, -0.25) is 0 Å². The van der Waals surface area contributed by atoms with Crippen LogP contribution < -0.4 is 4.90 Å². The van der Waals surface area contributed by atoms with E-state index in [0.29, 0.717) is 12.1 Å². The van der Waals surface area contributed by atoms with Crippen LogP contribution in [-0.2, 0) is 30.2 Å². The molecule has 0 aromatic heterocycles. The molecule has 0 bridgehead atoms. The van der Waals surface area contributed by atoms with Crippen molar-refractivity contribution in [3.63, 3.8) is 0 Å². The average molecular weight is 365 g/mol. The quantitative estimate of drug-likeness (QED) is 0.546. The third kappa shape index (κ3) is 3.54. The van der Waals surface area contributed by atoms with Crippen molar-refractivity contribution in [3.05, 3.63) is 29.8 Å². The summed E-state index contributed by atoms with van der Waals surface area (Å²) in [7, 11) is 2.85. The number of esters is 1. The molecule has 1 aromatic rings. The predicted octanol–water partition coefficient (Wildman–Crippen LogP) is 2.91. The summed E-state index contributed by atoms with van der Waals surface area (Å²) in [5.41, 5.74) is -0.335. The molecule has 0 aliphatic carbocycles. The molecule has 0 saturated heterocycles. The van der Waals surface area contributed by atoms with Gasteiger partial charge in [0.15, 0.2) is 0 Å². The summed E-state index contributed by atoms with van der Waals surface area (Å²) >= 11 is 0. The minimum absolute atomic E-state index is 0.166. The number of hydrogen-bond donors (Lipinski definition) is 0. The summed E-state index contributed by atoms with van der Waals surface area (Å²) in [6.45, 7) is 4.12. The zero-order valence-corrected chi connectivity index (χ0v) is 15.8. The lowest BCUT2D eigenvalue weighted by Crippen LogP contribution is -2.69. The van der Waals surface area contributed by atoms with Gasteiger partial charge in [0.2, 0.25) is 0 Å². The van der Waals surface area contributed by atoms with Crippen molar-refractivity contribution in [2.24, 2.45) is 0 Å². The van der Waals surface area contributed by atoms with Crippen molar-refractivity contribution in [1.29, 1.82) is 0 Å². The lowest BCUT2D eigenvalue weighted by atomic mass is 9.90. The highest BCUT2D eigenvalue weighted by atomic mass is 16.6. The van der Waals surface area contributed by atoms with Gasteiger partial charge in [0.05, 0.1) is 18.9 Å². The number of nitrogens with zero attached hydrogens (tertiary/aromatic N) is 1. The second-order valence-corrected chi connectivity index (χ2v) is 5.98. The van der Waals surface area contributed by atoms with Gasteiger partial charge in [-0.05, 0) is 25.0 Å². The molecule has 2 rings (SSSR count). The Labute approximate surface area is 154 Å². The van der Waals surface area contributed by atoms with Gasteiger partial charge in [-0.15, -0.1) is 0 Å². The zero-order valence-electron chi connectivity index (χ0n) is 15.8. The molecule has 26 heavy (non-hydrogen) atoms. The predicted molar refractivity (Wildman–Crippen MR) is 96.1 cm³/mol. The second kappa shape index (κ2) is 9.00. The minimum atomic E-state index is -1.75. The Morgan fingerprint density at radius 1 is 1.19 bits per heavy atom. The first-order chi connectivity index (χ1) is 12.6. The number of unbranched alkanes of at least 4 members (excludes halogenated alkanes) is 1. The molecule has 7 heteroatoms. The summed E-state index contributed by atoms with van der Waals surface area (Å²) in [4.78, 5) is 27.1. The van der Waals surface area contributed by atoms with E-state index >= 15 is 0 Å². The number of anilines is 1. The van der Waals surface area contributed by atoms with Gasteiger partial charge in [0, 0.05) is 20.6 Å². The fourth-order valence-electron chi connectivity index (χ4n) is 3.17. The molecule has 1 aliphatic rings. The van der Waals surface area contributed by atoms with Gasteiger partial charge in [-0.1, -0.05) is 31.5 Å². The molecule has 0 N–H and O–H groups in total. The summed E-state index contributed by atoms with van der Waals surface area (Å²) in [6.07, 6.45) is 0.584. The maximum absolute atomic E-state index is 13.0. The van der Waals surface area contributed by atoms with Crippen LogP contribution in [0.15, 0.2) is 24.3 Å². The van der Waals surface area contributed by atoms with Crippen molar-refractivity contribution >= 4 is 17.7 Å². The van der Waals surface area contributed by atoms with Crippen LogP contribution >= 0.6 is 0 Å². The maximum Gasteiger partial charge on any atom is 0.417 e. The standard InChI is InChI=1S/C19H27NO6/c1-5-7-12-26-17(21)19(24-4)16(23-3)13-14-10-8-9-11-15(14)20(19)18(22)25-6-2/h8-11,16H,5-7,12-13H2,1-4H3. The topological polar surface area (TPSA) is 74.3 Å². The third-order valence-corrected chi connectivity index (χ3v) is 4.48. The van der Waals surface area contributed by atoms with Gasteiger partial charge >= 0.3 is 12.1 Å². The van der Waals surface area contributed by atoms with Gasteiger partial charge in [-0.25, -0.2) is 14.5 Å². The Balaban J connectivity index is 2.55. The molecule has 1 amide bonds. The fraction of sp³-hybridized carbons (Fsp3) is 0.579. The molecule has 2 unspecified atom stereocenters. The Morgan fingerprint density at radius 2 is 1.92 bits per heavy atom. The molecule has 1 aromatic carbocycles. The number of para-hydroxylation sites is 1. The number of rotatable bonds is 7. The Hall–Kier alpha value is -2.12. The summed E-state index contributed by atoms with van der Waals surface area (Å²) in [6, 6.07) is 7.30. The second-order valence-electron chi connectivity index (χ2n) is 5.98. The monoisotopic (exact) mass is 365 g/mol. The van der Waals surface area contributed by atoms with E-state index in [2.05, 4.69) is 0 Å². The number of methoxy groups -OCH3 is 2. The van der Waals surface area contributed by atoms with Crippen LogP contribution in [0, 0.1) is 0 Å². The number of carbonyl (C=O) groups is 2. The number of fused-ring (bicyclic) bond motifs is 1. The molecular weight excluding hydrogens is 338 g/mol. The first-order valence-electron chi connectivity index (χ1n) is 8.86. The van der Waals surface area contributed by atoms with E-state index in [1.165, 1.54) is 19.1 Å². The molecule has 7 nitrogen and oxygen atoms in total. The van der Waals surface area contributed by atoms with E-state index in [0.717, 1.165) is 18.4 Å². The summed E-state index contributed by atoms with van der Waals surface area (Å²) in [5.74, 6) is -0.664. The van der Waals surface area contributed by atoms with Crippen LogP contribution in [0.3, 0.4) is 0 Å². The van der Waals surface area contributed by atoms with Crippen molar-refractivity contribution in [2.75, 3.05) is 32.3 Å². The first-order valence-corrected chi connectivity index (χ1v) is 8.86. The number of carbonyl (C=O) groups excluding carboxylic acids is 2. The largest absolute Gasteiger partial charge is 0.462 e. The van der Waals surface area contributed by atoms with Gasteiger partial charge in [0.1, 0.15) is 6.10 Å². The average Bonchev–Trinajstić information content (AvgIpc) is 2.66. The highest BCUT2D eigenvalue weighted by Gasteiger charge is 2.59. The number of benzene rings is 1. The first kappa shape index (κ1) is 20.2. The fourth-order valence-corrected chi connectivity index (χ4v) is 3.17. The summed E-state index contributed by atoms with van der Waals surface area (Å²) < 4.78 is 21.8. The highest BCUT2D eigenvalue weighted by molar-refractivity contribution is 6.00. The molecule has 0 radical (unpaired) electrons. The summed E-state index contributed by atoms with van der Waals surface area (Å²) in [5, 5.41) is 0. The van der Waals surface area contributed by atoms with Crippen LogP contribution in [0.25, 0.3) is 0 Å².